The fourth-order valence-corrected chi connectivity index (χ4v) is 5.47. The van der Waals surface area contributed by atoms with Crippen molar-refractivity contribution in [3.63, 3.8) is 0 Å². The number of rotatable bonds is 5. The molecule has 32 heavy (non-hydrogen) atoms. The quantitative estimate of drug-likeness (QED) is 0.571. The van der Waals surface area contributed by atoms with Crippen molar-refractivity contribution in [2.24, 2.45) is 11.3 Å². The van der Waals surface area contributed by atoms with Crippen LogP contribution in [0.2, 0.25) is 0 Å². The number of aromatic nitrogens is 3. The van der Waals surface area contributed by atoms with Gasteiger partial charge in [-0.2, -0.15) is 0 Å². The molecule has 1 spiro atoms. The predicted molar refractivity (Wildman–Crippen MR) is 128 cm³/mol. The van der Waals surface area contributed by atoms with E-state index in [9.17, 15) is 0 Å². The maximum Gasteiger partial charge on any atom is 0.143 e. The number of ether oxygens (including phenoxy) is 1. The van der Waals surface area contributed by atoms with Gasteiger partial charge in [-0.25, -0.2) is 9.97 Å². The zero-order valence-electron chi connectivity index (χ0n) is 18.6. The Morgan fingerprint density at radius 2 is 1.84 bits per heavy atom. The first-order chi connectivity index (χ1) is 15.8. The van der Waals surface area contributed by atoms with Gasteiger partial charge in [0.05, 0.1) is 18.6 Å². The first-order valence-corrected chi connectivity index (χ1v) is 12.0. The van der Waals surface area contributed by atoms with Gasteiger partial charge in [-0.1, -0.05) is 12.1 Å². The zero-order chi connectivity index (χ0) is 21.4. The highest BCUT2D eigenvalue weighted by atomic mass is 16.5. The van der Waals surface area contributed by atoms with Crippen LogP contribution >= 0.6 is 0 Å². The van der Waals surface area contributed by atoms with Crippen LogP contribution in [-0.2, 0) is 4.74 Å². The fourth-order valence-electron chi connectivity index (χ4n) is 5.47. The Balaban J connectivity index is 1.12. The Morgan fingerprint density at radius 1 is 1.06 bits per heavy atom. The smallest absolute Gasteiger partial charge is 0.143 e. The summed E-state index contributed by atoms with van der Waals surface area (Å²) in [5.74, 6) is 1.79. The summed E-state index contributed by atoms with van der Waals surface area (Å²) >= 11 is 0. The van der Waals surface area contributed by atoms with Crippen LogP contribution in [-0.4, -0.2) is 60.9 Å². The third kappa shape index (κ3) is 3.84. The number of aromatic amines is 1. The molecule has 3 N–H and O–H groups in total. The minimum absolute atomic E-state index is 0.643. The summed E-state index contributed by atoms with van der Waals surface area (Å²) in [7, 11) is 0. The van der Waals surface area contributed by atoms with Crippen molar-refractivity contribution < 1.29 is 4.74 Å². The standard InChI is InChI=1S/C25H32N6O/c1-3-20(27-14-18-5-7-25(8-6-18)15-26-16-25)4-2-19(1)22-13-21-23(30-22)28-17-29-24(21)31-9-11-32-12-10-31/h1-4,13,17-18,26-27H,5-12,14-16H2,(H,28,29,30). The van der Waals surface area contributed by atoms with E-state index in [0.29, 0.717) is 5.41 Å². The van der Waals surface area contributed by atoms with Crippen molar-refractivity contribution in [2.45, 2.75) is 25.7 Å². The van der Waals surface area contributed by atoms with Gasteiger partial charge in [-0.05, 0) is 60.8 Å². The molecule has 3 fully saturated rings. The van der Waals surface area contributed by atoms with Crippen molar-refractivity contribution in [1.29, 1.82) is 0 Å². The molecule has 2 aliphatic heterocycles. The third-order valence-corrected chi connectivity index (χ3v) is 7.67. The molecule has 7 nitrogen and oxygen atoms in total. The summed E-state index contributed by atoms with van der Waals surface area (Å²) in [6.45, 7) is 6.78. The summed E-state index contributed by atoms with van der Waals surface area (Å²) < 4.78 is 5.49. The van der Waals surface area contributed by atoms with E-state index in [1.54, 1.807) is 6.33 Å². The molecule has 1 aromatic carbocycles. The molecule has 3 aromatic rings. The summed E-state index contributed by atoms with van der Waals surface area (Å²) in [4.78, 5) is 14.8. The van der Waals surface area contributed by atoms with Crippen LogP contribution in [0.1, 0.15) is 25.7 Å². The van der Waals surface area contributed by atoms with Crippen molar-refractivity contribution >= 4 is 22.5 Å². The van der Waals surface area contributed by atoms with Crippen molar-refractivity contribution in [2.75, 3.05) is 56.2 Å². The Bertz CT molecular complexity index is 1060. The lowest BCUT2D eigenvalue weighted by Gasteiger charge is -2.47. The molecule has 0 radical (unpaired) electrons. The Kier molecular flexibility index (Phi) is 5.23. The van der Waals surface area contributed by atoms with Gasteiger partial charge in [-0.15, -0.1) is 0 Å². The summed E-state index contributed by atoms with van der Waals surface area (Å²) in [5, 5.41) is 8.20. The third-order valence-electron chi connectivity index (χ3n) is 7.67. The Labute approximate surface area is 189 Å². The Hall–Kier alpha value is -2.64. The average molecular weight is 433 g/mol. The van der Waals surface area contributed by atoms with Gasteiger partial charge in [0.25, 0.3) is 0 Å². The van der Waals surface area contributed by atoms with E-state index < -0.39 is 0 Å². The van der Waals surface area contributed by atoms with Crippen LogP contribution in [0.15, 0.2) is 36.7 Å². The molecule has 1 saturated carbocycles. The molecule has 0 bridgehead atoms. The van der Waals surface area contributed by atoms with Crippen LogP contribution in [0.25, 0.3) is 22.3 Å². The lowest BCUT2D eigenvalue weighted by molar-refractivity contribution is 0.0847. The largest absolute Gasteiger partial charge is 0.385 e. The molecule has 4 heterocycles. The second-order valence-corrected chi connectivity index (χ2v) is 9.75. The van der Waals surface area contributed by atoms with Gasteiger partial charge in [0.15, 0.2) is 0 Å². The number of hydrogen-bond donors (Lipinski definition) is 3. The number of nitrogens with one attached hydrogen (secondary N) is 3. The van der Waals surface area contributed by atoms with Crippen molar-refractivity contribution in [1.82, 2.24) is 20.3 Å². The molecule has 0 unspecified atom stereocenters. The maximum atomic E-state index is 5.49. The van der Waals surface area contributed by atoms with Crippen LogP contribution in [0, 0.1) is 11.3 Å². The van der Waals surface area contributed by atoms with Gasteiger partial charge in [-0.3, -0.25) is 0 Å². The Morgan fingerprint density at radius 3 is 2.56 bits per heavy atom. The number of hydrogen-bond acceptors (Lipinski definition) is 6. The molecule has 7 heteroatoms. The molecule has 6 rings (SSSR count). The first-order valence-electron chi connectivity index (χ1n) is 12.0. The van der Waals surface area contributed by atoms with Crippen LogP contribution in [0.3, 0.4) is 0 Å². The summed E-state index contributed by atoms with van der Waals surface area (Å²) in [6.07, 6.45) is 7.14. The van der Waals surface area contributed by atoms with E-state index in [0.717, 1.165) is 61.3 Å². The van der Waals surface area contributed by atoms with E-state index in [2.05, 4.69) is 60.8 Å². The van der Waals surface area contributed by atoms with Gasteiger partial charge in [0.2, 0.25) is 0 Å². The number of H-pyrrole nitrogens is 1. The molecule has 0 amide bonds. The highest BCUT2D eigenvalue weighted by Crippen LogP contribution is 2.41. The van der Waals surface area contributed by atoms with Crippen LogP contribution < -0.4 is 15.5 Å². The zero-order valence-corrected chi connectivity index (χ0v) is 18.6. The van der Waals surface area contributed by atoms with Gasteiger partial charge in [0.1, 0.15) is 17.8 Å². The molecule has 168 valence electrons. The normalized spacial score (nSPS) is 21.1. The van der Waals surface area contributed by atoms with Gasteiger partial charge < -0.3 is 25.3 Å². The van der Waals surface area contributed by atoms with E-state index in [-0.39, 0.29) is 0 Å². The SMILES string of the molecule is c1nc(N2CCOCC2)c2cc(-c3ccc(NCC4CCC5(CC4)CNC5)cc3)[nH]c2n1. The average Bonchev–Trinajstić information content (AvgIpc) is 3.27. The highest BCUT2D eigenvalue weighted by molar-refractivity contribution is 5.92. The topological polar surface area (TPSA) is 78.1 Å². The number of benzene rings is 1. The fraction of sp³-hybridized carbons (Fsp3) is 0.520. The minimum atomic E-state index is 0.643. The van der Waals surface area contributed by atoms with Crippen LogP contribution in [0.4, 0.5) is 11.5 Å². The molecule has 1 aliphatic carbocycles. The van der Waals surface area contributed by atoms with E-state index in [1.165, 1.54) is 50.0 Å². The predicted octanol–water partition coefficient (Wildman–Crippen LogP) is 3.65. The number of nitrogens with zero attached hydrogens (tertiary/aromatic N) is 3. The van der Waals surface area contributed by atoms with E-state index in [1.807, 2.05) is 0 Å². The molecular formula is C25H32N6O. The lowest BCUT2D eigenvalue weighted by atomic mass is 9.67. The van der Waals surface area contributed by atoms with Gasteiger partial charge in [0, 0.05) is 44.1 Å². The number of anilines is 2. The van der Waals surface area contributed by atoms with Crippen molar-refractivity contribution in [3.05, 3.63) is 36.7 Å². The first kappa shape index (κ1) is 20.0. The number of fused-ring (bicyclic) bond motifs is 1. The second-order valence-electron chi connectivity index (χ2n) is 9.75. The maximum absolute atomic E-state index is 5.49. The summed E-state index contributed by atoms with van der Waals surface area (Å²) in [6, 6.07) is 10.9. The molecule has 0 atom stereocenters. The summed E-state index contributed by atoms with van der Waals surface area (Å²) in [5.41, 5.74) is 4.97. The van der Waals surface area contributed by atoms with E-state index in [4.69, 9.17) is 4.74 Å². The van der Waals surface area contributed by atoms with E-state index >= 15 is 0 Å². The van der Waals surface area contributed by atoms with Crippen molar-refractivity contribution in [3.8, 4) is 11.3 Å². The molecule has 2 aromatic heterocycles. The molecule has 3 aliphatic rings. The highest BCUT2D eigenvalue weighted by Gasteiger charge is 2.39. The lowest BCUT2D eigenvalue weighted by Crippen LogP contribution is -2.55. The monoisotopic (exact) mass is 432 g/mol. The minimum Gasteiger partial charge on any atom is -0.385 e. The van der Waals surface area contributed by atoms with Crippen LogP contribution in [0.5, 0.6) is 0 Å². The number of morpholine rings is 1. The van der Waals surface area contributed by atoms with Gasteiger partial charge >= 0.3 is 0 Å². The molecule has 2 saturated heterocycles. The second kappa shape index (κ2) is 8.37. The molecular weight excluding hydrogens is 400 g/mol.